The van der Waals surface area contributed by atoms with Crippen molar-refractivity contribution in [3.05, 3.63) is 29.8 Å². The summed E-state index contributed by atoms with van der Waals surface area (Å²) in [6, 6.07) is 7.11. The van der Waals surface area contributed by atoms with Crippen LogP contribution in [0.3, 0.4) is 0 Å². The summed E-state index contributed by atoms with van der Waals surface area (Å²) in [5.41, 5.74) is 1.59. The predicted octanol–water partition coefficient (Wildman–Crippen LogP) is 1.70. The molecule has 1 amide bonds. The van der Waals surface area contributed by atoms with Crippen molar-refractivity contribution in [1.29, 1.82) is 0 Å². The van der Waals surface area contributed by atoms with Gasteiger partial charge in [-0.1, -0.05) is 12.1 Å². The molecule has 0 heterocycles. The molecule has 1 rings (SSSR count). The average Bonchev–Trinajstić information content (AvgIpc) is 2.04. The van der Waals surface area contributed by atoms with Gasteiger partial charge in [0.25, 0.3) is 0 Å². The van der Waals surface area contributed by atoms with Crippen LogP contribution in [0.25, 0.3) is 0 Å². The van der Waals surface area contributed by atoms with Crippen LogP contribution in [0.2, 0.25) is 0 Å². The Hall–Kier alpha value is -1.35. The van der Waals surface area contributed by atoms with Gasteiger partial charge in [0, 0.05) is 12.6 Å². The van der Waals surface area contributed by atoms with E-state index >= 15 is 0 Å². The molecule has 0 aliphatic rings. The number of hydrogen-bond acceptors (Lipinski definition) is 2. The lowest BCUT2D eigenvalue weighted by Crippen LogP contribution is -2.05. The summed E-state index contributed by atoms with van der Waals surface area (Å²) in [7, 11) is 0. The summed E-state index contributed by atoms with van der Waals surface area (Å²) >= 11 is 0. The number of nitrogens with one attached hydrogen (secondary N) is 1. The van der Waals surface area contributed by atoms with Crippen molar-refractivity contribution in [3.63, 3.8) is 0 Å². The van der Waals surface area contributed by atoms with Gasteiger partial charge in [-0.2, -0.15) is 0 Å². The summed E-state index contributed by atoms with van der Waals surface area (Å²) in [5.74, 6) is -0.0928. The van der Waals surface area contributed by atoms with E-state index in [4.69, 9.17) is 0 Å². The Balaban J connectivity index is 2.75. The highest BCUT2D eigenvalue weighted by atomic mass is 16.3. The number of rotatable bonds is 2. The zero-order valence-electron chi connectivity index (χ0n) is 7.74. The molecule has 1 unspecified atom stereocenters. The van der Waals surface area contributed by atoms with Gasteiger partial charge in [-0.25, -0.2) is 0 Å². The Kier molecular flexibility index (Phi) is 3.03. The van der Waals surface area contributed by atoms with Gasteiger partial charge in [0.15, 0.2) is 0 Å². The molecule has 0 spiro atoms. The first-order valence-corrected chi connectivity index (χ1v) is 4.15. The molecule has 0 aliphatic heterocycles. The molecule has 0 aliphatic carbocycles. The molecule has 0 aromatic heterocycles. The first-order valence-electron chi connectivity index (χ1n) is 4.15. The highest BCUT2D eigenvalue weighted by Crippen LogP contribution is 2.15. The molecule has 1 atom stereocenters. The van der Waals surface area contributed by atoms with Crippen LogP contribution < -0.4 is 5.32 Å². The van der Waals surface area contributed by atoms with E-state index < -0.39 is 6.10 Å². The molecule has 1 aromatic rings. The molecule has 0 saturated heterocycles. The molecule has 0 radical (unpaired) electrons. The number of aliphatic hydroxyl groups is 1. The fraction of sp³-hybridized carbons (Fsp3) is 0.300. The number of aliphatic hydroxyl groups excluding tert-OH is 1. The fourth-order valence-corrected chi connectivity index (χ4v) is 1.05. The zero-order chi connectivity index (χ0) is 9.84. The summed E-state index contributed by atoms with van der Waals surface area (Å²) in [4.78, 5) is 10.7. The standard InChI is InChI=1S/C10H13NO2/c1-7(12)9-3-5-10(6-4-9)11-8(2)13/h3-7,12H,1-2H3,(H,11,13). The SMILES string of the molecule is CC(=O)Nc1ccc(C(C)O)cc1. The Morgan fingerprint density at radius 1 is 1.38 bits per heavy atom. The highest BCUT2D eigenvalue weighted by molar-refractivity contribution is 5.88. The van der Waals surface area contributed by atoms with E-state index in [0.29, 0.717) is 0 Å². The summed E-state index contributed by atoms with van der Waals surface area (Å²) in [6.45, 7) is 3.16. The minimum absolute atomic E-state index is 0.0928. The van der Waals surface area contributed by atoms with E-state index in [1.165, 1.54) is 6.92 Å². The summed E-state index contributed by atoms with van der Waals surface area (Å²) in [6.07, 6.45) is -0.466. The zero-order valence-corrected chi connectivity index (χ0v) is 7.74. The van der Waals surface area contributed by atoms with E-state index in [0.717, 1.165) is 11.3 Å². The third kappa shape index (κ3) is 2.87. The molecule has 0 saturated carbocycles. The molecule has 3 nitrogen and oxygen atoms in total. The van der Waals surface area contributed by atoms with Gasteiger partial charge in [-0.15, -0.1) is 0 Å². The van der Waals surface area contributed by atoms with Crippen LogP contribution in [0, 0.1) is 0 Å². The molecular weight excluding hydrogens is 166 g/mol. The van der Waals surface area contributed by atoms with Gasteiger partial charge in [0.1, 0.15) is 0 Å². The second kappa shape index (κ2) is 4.05. The van der Waals surface area contributed by atoms with E-state index in [2.05, 4.69) is 5.32 Å². The van der Waals surface area contributed by atoms with Crippen molar-refractivity contribution in [1.82, 2.24) is 0 Å². The number of hydrogen-bond donors (Lipinski definition) is 2. The van der Waals surface area contributed by atoms with Crippen LogP contribution in [-0.4, -0.2) is 11.0 Å². The Morgan fingerprint density at radius 3 is 2.31 bits per heavy atom. The largest absolute Gasteiger partial charge is 0.389 e. The van der Waals surface area contributed by atoms with Gasteiger partial charge in [0.2, 0.25) is 5.91 Å². The lowest BCUT2D eigenvalue weighted by Gasteiger charge is -2.06. The second-order valence-corrected chi connectivity index (χ2v) is 2.98. The van der Waals surface area contributed by atoms with Gasteiger partial charge in [-0.05, 0) is 24.6 Å². The molecule has 0 fully saturated rings. The minimum Gasteiger partial charge on any atom is -0.389 e. The molecule has 0 bridgehead atoms. The molecular formula is C10H13NO2. The normalized spacial score (nSPS) is 12.2. The van der Waals surface area contributed by atoms with Crippen LogP contribution in [0.5, 0.6) is 0 Å². The third-order valence-electron chi connectivity index (χ3n) is 1.71. The van der Waals surface area contributed by atoms with Gasteiger partial charge in [-0.3, -0.25) is 4.79 Å². The summed E-state index contributed by atoms with van der Waals surface area (Å²) in [5, 5.41) is 11.9. The van der Waals surface area contributed by atoms with Crippen LogP contribution in [0.15, 0.2) is 24.3 Å². The van der Waals surface area contributed by atoms with Crippen LogP contribution in [-0.2, 0) is 4.79 Å². The van der Waals surface area contributed by atoms with Crippen molar-refractivity contribution in [2.45, 2.75) is 20.0 Å². The van der Waals surface area contributed by atoms with Gasteiger partial charge < -0.3 is 10.4 Å². The van der Waals surface area contributed by atoms with Crippen molar-refractivity contribution >= 4 is 11.6 Å². The number of carbonyl (C=O) groups excluding carboxylic acids is 1. The molecule has 3 heteroatoms. The fourth-order valence-electron chi connectivity index (χ4n) is 1.05. The van der Waals surface area contributed by atoms with Crippen molar-refractivity contribution in [2.75, 3.05) is 5.32 Å². The summed E-state index contributed by atoms with van der Waals surface area (Å²) < 4.78 is 0. The van der Waals surface area contributed by atoms with Crippen molar-refractivity contribution in [3.8, 4) is 0 Å². The van der Waals surface area contributed by atoms with Crippen molar-refractivity contribution < 1.29 is 9.90 Å². The van der Waals surface area contributed by atoms with Crippen molar-refractivity contribution in [2.24, 2.45) is 0 Å². The van der Waals surface area contributed by atoms with Gasteiger partial charge in [0.05, 0.1) is 6.10 Å². The molecule has 70 valence electrons. The van der Waals surface area contributed by atoms with Crippen LogP contribution in [0.1, 0.15) is 25.5 Å². The number of amides is 1. The lowest BCUT2D eigenvalue weighted by atomic mass is 10.1. The number of anilines is 1. The Morgan fingerprint density at radius 2 is 1.92 bits per heavy atom. The molecule has 1 aromatic carbocycles. The predicted molar refractivity (Wildman–Crippen MR) is 51.4 cm³/mol. The number of benzene rings is 1. The lowest BCUT2D eigenvalue weighted by molar-refractivity contribution is -0.114. The maximum atomic E-state index is 10.7. The Bertz CT molecular complexity index is 290. The van der Waals surface area contributed by atoms with E-state index in [1.807, 2.05) is 0 Å². The van der Waals surface area contributed by atoms with Crippen LogP contribution >= 0.6 is 0 Å². The van der Waals surface area contributed by atoms with Crippen LogP contribution in [0.4, 0.5) is 5.69 Å². The quantitative estimate of drug-likeness (QED) is 0.726. The Labute approximate surface area is 77.4 Å². The van der Waals surface area contributed by atoms with E-state index in [9.17, 15) is 9.90 Å². The highest BCUT2D eigenvalue weighted by Gasteiger charge is 2.00. The molecule has 13 heavy (non-hydrogen) atoms. The minimum atomic E-state index is -0.466. The maximum Gasteiger partial charge on any atom is 0.221 e. The maximum absolute atomic E-state index is 10.7. The molecule has 2 N–H and O–H groups in total. The van der Waals surface area contributed by atoms with Gasteiger partial charge >= 0.3 is 0 Å². The number of carbonyl (C=O) groups is 1. The van der Waals surface area contributed by atoms with E-state index in [1.54, 1.807) is 31.2 Å². The first-order chi connectivity index (χ1) is 6.09. The second-order valence-electron chi connectivity index (χ2n) is 2.98. The first kappa shape index (κ1) is 9.74. The monoisotopic (exact) mass is 179 g/mol. The van der Waals surface area contributed by atoms with E-state index in [-0.39, 0.29) is 5.91 Å². The topological polar surface area (TPSA) is 49.3 Å². The third-order valence-corrected chi connectivity index (χ3v) is 1.71. The average molecular weight is 179 g/mol. The smallest absolute Gasteiger partial charge is 0.221 e.